The highest BCUT2D eigenvalue weighted by atomic mass is 32.2. The number of fused-ring (bicyclic) bond motifs is 1. The van der Waals surface area contributed by atoms with Gasteiger partial charge in [0.25, 0.3) is 10.0 Å². The van der Waals surface area contributed by atoms with Crippen LogP contribution in [0.1, 0.15) is 42.1 Å². The van der Waals surface area contributed by atoms with Crippen molar-refractivity contribution >= 4 is 38.4 Å². The van der Waals surface area contributed by atoms with Gasteiger partial charge in [-0.1, -0.05) is 55.7 Å². The number of hydrogen-bond donors (Lipinski definition) is 1. The Labute approximate surface area is 252 Å². The van der Waals surface area contributed by atoms with Gasteiger partial charge in [0.1, 0.15) is 5.69 Å². The first-order chi connectivity index (χ1) is 20.8. The highest BCUT2D eigenvalue weighted by Gasteiger charge is 2.22. The van der Waals surface area contributed by atoms with Gasteiger partial charge in [0.2, 0.25) is 5.95 Å². The van der Waals surface area contributed by atoms with E-state index in [0.717, 1.165) is 41.2 Å². The van der Waals surface area contributed by atoms with Crippen molar-refractivity contribution in [3.63, 3.8) is 0 Å². The van der Waals surface area contributed by atoms with Crippen molar-refractivity contribution in [3.05, 3.63) is 107 Å². The molecule has 1 aliphatic heterocycles. The summed E-state index contributed by atoms with van der Waals surface area (Å²) in [5, 5.41) is 3.82. The molecule has 0 unspecified atom stereocenters. The molecule has 43 heavy (non-hydrogen) atoms. The molecule has 3 heterocycles. The third-order valence-electron chi connectivity index (χ3n) is 7.49. The minimum absolute atomic E-state index is 0.181. The second-order valence-electron chi connectivity index (χ2n) is 10.8. The van der Waals surface area contributed by atoms with Gasteiger partial charge < -0.3 is 15.0 Å². The highest BCUT2D eigenvalue weighted by Crippen LogP contribution is 2.27. The molecule has 0 amide bonds. The molecule has 8 nitrogen and oxygen atoms in total. The Balaban J connectivity index is 1.43. The van der Waals surface area contributed by atoms with Gasteiger partial charge in [-0.3, -0.25) is 0 Å². The van der Waals surface area contributed by atoms with Crippen LogP contribution in [0, 0.1) is 18.8 Å². The van der Waals surface area contributed by atoms with Crippen molar-refractivity contribution in [2.45, 2.75) is 31.6 Å². The predicted octanol–water partition coefficient (Wildman–Crippen LogP) is 6.08. The van der Waals surface area contributed by atoms with Crippen molar-refractivity contribution < 1.29 is 13.2 Å². The summed E-state index contributed by atoms with van der Waals surface area (Å²) in [5.74, 6) is 7.06. The molecule has 1 saturated heterocycles. The Morgan fingerprint density at radius 3 is 2.33 bits per heavy atom. The molecule has 6 rings (SSSR count). The van der Waals surface area contributed by atoms with Crippen LogP contribution >= 0.6 is 0 Å². The van der Waals surface area contributed by atoms with Crippen molar-refractivity contribution in [2.24, 2.45) is 0 Å². The van der Waals surface area contributed by atoms with Crippen LogP contribution in [0.25, 0.3) is 11.0 Å². The zero-order chi connectivity index (χ0) is 30.0. The lowest BCUT2D eigenvalue weighted by Crippen LogP contribution is -2.36. The average Bonchev–Trinajstić information content (AvgIpc) is 3.46. The molecule has 0 spiro atoms. The van der Waals surface area contributed by atoms with E-state index in [4.69, 9.17) is 9.72 Å². The molecule has 1 N–H and O–H groups in total. The van der Waals surface area contributed by atoms with Gasteiger partial charge in [-0.15, -0.1) is 0 Å². The molecule has 0 aliphatic carbocycles. The summed E-state index contributed by atoms with van der Waals surface area (Å²) in [6, 6.07) is 24.5. The molecular weight excluding hydrogens is 558 g/mol. The van der Waals surface area contributed by atoms with Gasteiger partial charge in [-0.25, -0.2) is 17.4 Å². The van der Waals surface area contributed by atoms with Crippen LogP contribution in [0.15, 0.2) is 90.0 Å². The first-order valence-electron chi connectivity index (χ1n) is 14.3. The SMILES string of the molecule is Cc1ccc(S(=O)(=O)n2ccc3c(C#Cc4ccccc4C(C)C)nc(Nc4ccc(N5CCOCC5)cc4)nc32)cc1. The summed E-state index contributed by atoms with van der Waals surface area (Å²) < 4.78 is 34.1. The first kappa shape index (κ1) is 28.5. The van der Waals surface area contributed by atoms with E-state index < -0.39 is 10.0 Å². The third kappa shape index (κ3) is 5.98. The molecular formula is C34H33N5O3S. The van der Waals surface area contributed by atoms with E-state index in [9.17, 15) is 8.42 Å². The topological polar surface area (TPSA) is 89.4 Å². The fraction of sp³-hybridized carbons (Fsp3) is 0.235. The number of nitrogens with zero attached hydrogens (tertiary/aromatic N) is 4. The maximum atomic E-state index is 13.7. The number of rotatable bonds is 6. The summed E-state index contributed by atoms with van der Waals surface area (Å²) in [5.41, 5.74) is 5.60. The molecule has 0 atom stereocenters. The van der Waals surface area contributed by atoms with E-state index in [1.54, 1.807) is 30.3 Å². The number of morpholine rings is 1. The number of aromatic nitrogens is 3. The molecule has 218 valence electrons. The molecule has 2 aromatic heterocycles. The van der Waals surface area contributed by atoms with Crippen LogP contribution < -0.4 is 10.2 Å². The number of aryl methyl sites for hydroxylation is 1. The maximum Gasteiger partial charge on any atom is 0.269 e. The lowest BCUT2D eigenvalue weighted by Gasteiger charge is -2.28. The minimum atomic E-state index is -3.91. The van der Waals surface area contributed by atoms with Crippen LogP contribution in [-0.4, -0.2) is 48.7 Å². The van der Waals surface area contributed by atoms with E-state index in [0.29, 0.717) is 30.2 Å². The average molecular weight is 592 g/mol. The van der Waals surface area contributed by atoms with Gasteiger partial charge in [-0.2, -0.15) is 4.98 Å². The number of ether oxygens (including phenoxy) is 1. The molecule has 0 bridgehead atoms. The highest BCUT2D eigenvalue weighted by molar-refractivity contribution is 7.90. The van der Waals surface area contributed by atoms with Crippen molar-refractivity contribution in [3.8, 4) is 11.8 Å². The van der Waals surface area contributed by atoms with Crippen molar-refractivity contribution in [2.75, 3.05) is 36.5 Å². The number of hydrogen-bond acceptors (Lipinski definition) is 7. The summed E-state index contributed by atoms with van der Waals surface area (Å²) in [6.45, 7) is 9.30. The van der Waals surface area contributed by atoms with Gasteiger partial charge in [0.15, 0.2) is 5.65 Å². The monoisotopic (exact) mass is 591 g/mol. The van der Waals surface area contributed by atoms with E-state index in [-0.39, 0.29) is 16.5 Å². The number of anilines is 3. The molecule has 1 fully saturated rings. The van der Waals surface area contributed by atoms with Crippen LogP contribution in [0.5, 0.6) is 0 Å². The van der Waals surface area contributed by atoms with E-state index in [2.05, 4.69) is 47.0 Å². The molecule has 0 saturated carbocycles. The Bertz CT molecular complexity index is 1930. The van der Waals surface area contributed by atoms with Gasteiger partial charge in [0, 0.05) is 36.2 Å². The smallest absolute Gasteiger partial charge is 0.269 e. The second-order valence-corrected chi connectivity index (χ2v) is 12.6. The number of benzene rings is 3. The lowest BCUT2D eigenvalue weighted by atomic mass is 9.97. The number of nitrogens with one attached hydrogen (secondary N) is 1. The quantitative estimate of drug-likeness (QED) is 0.240. The maximum absolute atomic E-state index is 13.7. The van der Waals surface area contributed by atoms with Crippen molar-refractivity contribution in [1.82, 2.24) is 13.9 Å². The molecule has 3 aromatic carbocycles. The minimum Gasteiger partial charge on any atom is -0.378 e. The normalized spacial score (nSPS) is 13.6. The van der Waals surface area contributed by atoms with Gasteiger partial charge >= 0.3 is 0 Å². The Morgan fingerprint density at radius 1 is 0.884 bits per heavy atom. The van der Waals surface area contributed by atoms with Crippen LogP contribution in [0.2, 0.25) is 0 Å². The van der Waals surface area contributed by atoms with Crippen molar-refractivity contribution in [1.29, 1.82) is 0 Å². The Kier molecular flexibility index (Phi) is 7.89. The van der Waals surface area contributed by atoms with Crippen LogP contribution in [0.4, 0.5) is 17.3 Å². The first-order valence-corrected chi connectivity index (χ1v) is 15.8. The van der Waals surface area contributed by atoms with E-state index in [1.165, 1.54) is 10.2 Å². The summed E-state index contributed by atoms with van der Waals surface area (Å²) in [7, 11) is -3.91. The van der Waals surface area contributed by atoms with Gasteiger partial charge in [0.05, 0.1) is 23.5 Å². The molecule has 0 radical (unpaired) electrons. The van der Waals surface area contributed by atoms with E-state index in [1.807, 2.05) is 49.4 Å². The fourth-order valence-corrected chi connectivity index (χ4v) is 6.40. The predicted molar refractivity (Wildman–Crippen MR) is 171 cm³/mol. The van der Waals surface area contributed by atoms with Gasteiger partial charge in [-0.05, 0) is 72.9 Å². The largest absolute Gasteiger partial charge is 0.378 e. The summed E-state index contributed by atoms with van der Waals surface area (Å²) >= 11 is 0. The second kappa shape index (κ2) is 11.9. The van der Waals surface area contributed by atoms with Crippen LogP contribution in [0.3, 0.4) is 0 Å². The standard InChI is InChI=1S/C34H33N5O3S/c1-24(2)30-7-5-4-6-26(30)10-17-32-31-18-19-39(43(40,41)29-15-8-25(3)9-16-29)33(31)37-34(36-32)35-27-11-13-28(14-12-27)38-20-22-42-23-21-38/h4-9,11-16,18-19,24H,20-23H2,1-3H3,(H,35,36,37). The molecule has 9 heteroatoms. The third-order valence-corrected chi connectivity index (χ3v) is 9.17. The van der Waals surface area contributed by atoms with Crippen LogP contribution in [-0.2, 0) is 14.8 Å². The lowest BCUT2D eigenvalue weighted by molar-refractivity contribution is 0.122. The summed E-state index contributed by atoms with van der Waals surface area (Å²) in [4.78, 5) is 11.9. The zero-order valence-corrected chi connectivity index (χ0v) is 25.2. The Morgan fingerprint density at radius 2 is 1.60 bits per heavy atom. The Hall–Kier alpha value is -4.65. The summed E-state index contributed by atoms with van der Waals surface area (Å²) in [6.07, 6.45) is 1.52. The fourth-order valence-electron chi connectivity index (χ4n) is 5.11. The molecule has 5 aromatic rings. The van der Waals surface area contributed by atoms with E-state index >= 15 is 0 Å². The zero-order valence-electron chi connectivity index (χ0n) is 24.4. The molecule has 1 aliphatic rings.